The molecule has 0 fully saturated rings. The number of hydrogen-bond donors (Lipinski definition) is 2. The lowest BCUT2D eigenvalue weighted by atomic mass is 10.1. The molecular formula is C15H11F2N5O. The summed E-state index contributed by atoms with van der Waals surface area (Å²) in [6.45, 7) is 0. The van der Waals surface area contributed by atoms with Crippen LogP contribution in [-0.2, 0) is 0 Å². The minimum Gasteiger partial charge on any atom is -0.337 e. The highest BCUT2D eigenvalue weighted by Gasteiger charge is 2.23. The Hall–Kier alpha value is -3.16. The molecule has 3 rings (SSSR count). The van der Waals surface area contributed by atoms with Crippen molar-refractivity contribution in [2.75, 3.05) is 0 Å². The molecule has 0 saturated heterocycles. The molecule has 6 nitrogen and oxygen atoms in total. The van der Waals surface area contributed by atoms with Crippen LogP contribution in [-0.4, -0.2) is 26.1 Å². The summed E-state index contributed by atoms with van der Waals surface area (Å²) in [4.78, 5) is 19.8. The van der Waals surface area contributed by atoms with Crippen molar-refractivity contribution in [3.63, 3.8) is 0 Å². The van der Waals surface area contributed by atoms with E-state index in [-0.39, 0.29) is 0 Å². The van der Waals surface area contributed by atoms with E-state index in [1.165, 1.54) is 6.33 Å². The number of pyridine rings is 1. The van der Waals surface area contributed by atoms with Gasteiger partial charge in [0.1, 0.15) is 18.2 Å². The van der Waals surface area contributed by atoms with Crippen molar-refractivity contribution in [2.45, 2.75) is 6.04 Å². The van der Waals surface area contributed by atoms with Crippen LogP contribution in [0.2, 0.25) is 0 Å². The maximum atomic E-state index is 13.7. The second kappa shape index (κ2) is 6.30. The first-order valence-corrected chi connectivity index (χ1v) is 6.67. The maximum absolute atomic E-state index is 13.7. The van der Waals surface area contributed by atoms with Crippen LogP contribution in [0.4, 0.5) is 8.78 Å². The summed E-state index contributed by atoms with van der Waals surface area (Å²) in [6, 6.07) is 8.91. The quantitative estimate of drug-likeness (QED) is 0.771. The Morgan fingerprint density at radius 3 is 2.61 bits per heavy atom. The Balaban J connectivity index is 1.91. The summed E-state index contributed by atoms with van der Waals surface area (Å²) in [7, 11) is 0. The molecule has 116 valence electrons. The fourth-order valence-electron chi connectivity index (χ4n) is 2.09. The van der Waals surface area contributed by atoms with Crippen molar-refractivity contribution >= 4 is 5.91 Å². The zero-order chi connectivity index (χ0) is 16.2. The van der Waals surface area contributed by atoms with Gasteiger partial charge in [-0.05, 0) is 5.56 Å². The third-order valence-corrected chi connectivity index (χ3v) is 3.14. The molecule has 1 amide bonds. The van der Waals surface area contributed by atoms with Crippen LogP contribution in [0.15, 0.2) is 48.9 Å². The third-order valence-electron chi connectivity index (χ3n) is 3.14. The highest BCUT2D eigenvalue weighted by Crippen LogP contribution is 2.19. The molecule has 23 heavy (non-hydrogen) atoms. The predicted octanol–water partition coefficient (Wildman–Crippen LogP) is 2.00. The molecule has 2 aromatic heterocycles. The number of benzene rings is 1. The first-order valence-electron chi connectivity index (χ1n) is 6.67. The fraction of sp³-hybridized carbons (Fsp3) is 0.0667. The zero-order valence-electron chi connectivity index (χ0n) is 11.7. The average Bonchev–Trinajstić information content (AvgIpc) is 3.07. The summed E-state index contributed by atoms with van der Waals surface area (Å²) in [6.07, 6.45) is 2.08. The molecule has 1 aromatic carbocycles. The van der Waals surface area contributed by atoms with E-state index in [1.807, 2.05) is 6.07 Å². The number of aromatic amines is 1. The van der Waals surface area contributed by atoms with Gasteiger partial charge in [0, 0.05) is 6.07 Å². The molecule has 0 aliphatic rings. The molecule has 0 radical (unpaired) electrons. The summed E-state index contributed by atoms with van der Waals surface area (Å²) in [5.41, 5.74) is 0.229. The van der Waals surface area contributed by atoms with Crippen LogP contribution < -0.4 is 5.32 Å². The van der Waals surface area contributed by atoms with Crippen molar-refractivity contribution in [2.24, 2.45) is 0 Å². The number of H-pyrrole nitrogens is 1. The van der Waals surface area contributed by atoms with Crippen molar-refractivity contribution in [1.29, 1.82) is 0 Å². The van der Waals surface area contributed by atoms with Crippen LogP contribution in [0, 0.1) is 11.6 Å². The van der Waals surface area contributed by atoms with Gasteiger partial charge in [0.15, 0.2) is 17.3 Å². The molecule has 2 N–H and O–H groups in total. The number of hydrogen-bond acceptors (Lipinski definition) is 4. The third kappa shape index (κ3) is 3.20. The summed E-state index contributed by atoms with van der Waals surface area (Å²) in [5.74, 6) is -2.29. The number of nitrogens with zero attached hydrogens (tertiary/aromatic N) is 3. The van der Waals surface area contributed by atoms with Gasteiger partial charge in [0.2, 0.25) is 0 Å². The van der Waals surface area contributed by atoms with Gasteiger partial charge in [-0.2, -0.15) is 5.10 Å². The Labute approximate surface area is 129 Å². The molecule has 0 aliphatic heterocycles. The number of aromatic nitrogens is 4. The summed E-state index contributed by atoms with van der Waals surface area (Å²) < 4.78 is 26.6. The number of carbonyl (C=O) groups is 1. The van der Waals surface area contributed by atoms with E-state index in [9.17, 15) is 13.6 Å². The minimum atomic E-state index is -1.04. The van der Waals surface area contributed by atoms with Crippen molar-refractivity contribution in [3.05, 3.63) is 77.6 Å². The van der Waals surface area contributed by atoms with E-state index in [1.54, 1.807) is 24.3 Å². The molecule has 0 saturated carbocycles. The first kappa shape index (κ1) is 14.8. The van der Waals surface area contributed by atoms with Gasteiger partial charge in [-0.25, -0.2) is 18.7 Å². The summed E-state index contributed by atoms with van der Waals surface area (Å²) in [5, 5.41) is 9.03. The number of halogens is 2. The lowest BCUT2D eigenvalue weighted by Gasteiger charge is -2.16. The van der Waals surface area contributed by atoms with Crippen molar-refractivity contribution in [1.82, 2.24) is 25.5 Å². The monoisotopic (exact) mass is 315 g/mol. The van der Waals surface area contributed by atoms with Gasteiger partial charge in [-0.1, -0.05) is 30.3 Å². The highest BCUT2D eigenvalue weighted by atomic mass is 19.1. The van der Waals surface area contributed by atoms with Gasteiger partial charge < -0.3 is 5.32 Å². The van der Waals surface area contributed by atoms with E-state index >= 15 is 0 Å². The molecule has 3 aromatic rings. The molecule has 0 bridgehead atoms. The smallest absolute Gasteiger partial charge is 0.273 e. The lowest BCUT2D eigenvalue weighted by Crippen LogP contribution is -2.31. The second-order valence-corrected chi connectivity index (χ2v) is 4.67. The van der Waals surface area contributed by atoms with E-state index in [4.69, 9.17) is 0 Å². The molecular weight excluding hydrogens is 304 g/mol. The number of amides is 1. The van der Waals surface area contributed by atoms with E-state index in [0.29, 0.717) is 11.9 Å². The van der Waals surface area contributed by atoms with E-state index in [0.717, 1.165) is 11.8 Å². The fourth-order valence-corrected chi connectivity index (χ4v) is 2.09. The number of rotatable bonds is 4. The van der Waals surface area contributed by atoms with Crippen molar-refractivity contribution in [3.8, 4) is 0 Å². The van der Waals surface area contributed by atoms with Crippen molar-refractivity contribution < 1.29 is 13.6 Å². The normalized spacial score (nSPS) is 11.9. The Morgan fingerprint density at radius 1 is 1.17 bits per heavy atom. The first-order chi connectivity index (χ1) is 11.1. The van der Waals surface area contributed by atoms with Gasteiger partial charge in [-0.15, -0.1) is 0 Å². The van der Waals surface area contributed by atoms with Crippen LogP contribution in [0.5, 0.6) is 0 Å². The van der Waals surface area contributed by atoms with Crippen LogP contribution in [0.25, 0.3) is 0 Å². The van der Waals surface area contributed by atoms with E-state index in [2.05, 4.69) is 25.5 Å². The van der Waals surface area contributed by atoms with Crippen LogP contribution in [0.1, 0.15) is 27.9 Å². The number of nitrogens with one attached hydrogen (secondary N) is 2. The van der Waals surface area contributed by atoms with Crippen LogP contribution >= 0.6 is 0 Å². The molecule has 8 heteroatoms. The SMILES string of the molecule is O=C(NC(c1ccccc1)c1ncn[nH]1)c1ncc(F)cc1F. The Kier molecular flexibility index (Phi) is 4.05. The highest BCUT2D eigenvalue weighted by molar-refractivity contribution is 5.92. The minimum absolute atomic E-state index is 0.382. The van der Waals surface area contributed by atoms with Gasteiger partial charge in [-0.3, -0.25) is 9.89 Å². The van der Waals surface area contributed by atoms with Gasteiger partial charge in [0.05, 0.1) is 6.20 Å². The average molecular weight is 315 g/mol. The standard InChI is InChI=1S/C15H11F2N5O/c16-10-6-11(17)13(18-7-10)15(23)21-12(14-19-8-20-22-14)9-4-2-1-3-5-9/h1-8,12H,(H,21,23)(H,19,20,22). The summed E-state index contributed by atoms with van der Waals surface area (Å²) >= 11 is 0. The maximum Gasteiger partial charge on any atom is 0.273 e. The van der Waals surface area contributed by atoms with Gasteiger partial charge >= 0.3 is 0 Å². The second-order valence-electron chi connectivity index (χ2n) is 4.67. The Morgan fingerprint density at radius 2 is 1.96 bits per heavy atom. The molecule has 1 unspecified atom stereocenters. The predicted molar refractivity (Wildman–Crippen MR) is 76.3 cm³/mol. The number of carbonyl (C=O) groups excluding carboxylic acids is 1. The van der Waals surface area contributed by atoms with Gasteiger partial charge in [0.25, 0.3) is 5.91 Å². The van der Waals surface area contributed by atoms with Crippen LogP contribution in [0.3, 0.4) is 0 Å². The molecule has 0 aliphatic carbocycles. The largest absolute Gasteiger partial charge is 0.337 e. The lowest BCUT2D eigenvalue weighted by molar-refractivity contribution is 0.0932. The molecule has 1 atom stereocenters. The molecule has 0 spiro atoms. The molecule has 2 heterocycles. The Bertz CT molecular complexity index is 808. The van der Waals surface area contributed by atoms with E-state index < -0.39 is 29.3 Å². The topological polar surface area (TPSA) is 83.6 Å². The zero-order valence-corrected chi connectivity index (χ0v) is 11.7.